The van der Waals surface area contributed by atoms with E-state index in [-0.39, 0.29) is 16.9 Å². The van der Waals surface area contributed by atoms with Gasteiger partial charge in [0.15, 0.2) is 5.78 Å². The predicted octanol–water partition coefficient (Wildman–Crippen LogP) is 1.65. The van der Waals surface area contributed by atoms with E-state index < -0.39 is 0 Å². The second-order valence-corrected chi connectivity index (χ2v) is 3.79. The molecule has 0 spiro atoms. The number of hydrogen-bond acceptors (Lipinski definition) is 3. The van der Waals surface area contributed by atoms with E-state index >= 15 is 0 Å². The van der Waals surface area contributed by atoms with Crippen molar-refractivity contribution in [3.05, 3.63) is 52.3 Å². The summed E-state index contributed by atoms with van der Waals surface area (Å²) >= 11 is 0. The number of Topliss-reactive ketones (excluding diaryl/α,β-unsaturated/α-hetero) is 1. The van der Waals surface area contributed by atoms with Crippen LogP contribution in [-0.2, 0) is 7.05 Å². The molecule has 0 atom stereocenters. The van der Waals surface area contributed by atoms with Crippen LogP contribution in [-0.4, -0.2) is 15.6 Å². The van der Waals surface area contributed by atoms with Crippen LogP contribution in [0.2, 0.25) is 0 Å². The molecule has 0 saturated heterocycles. The molecule has 0 unspecified atom stereocenters. The smallest absolute Gasteiger partial charge is 0.277 e. The maximum absolute atomic E-state index is 11.7. The van der Waals surface area contributed by atoms with Gasteiger partial charge in [-0.2, -0.15) is 5.10 Å². The number of aromatic nitrogens is 2. The van der Waals surface area contributed by atoms with Crippen molar-refractivity contribution in [1.82, 2.24) is 9.78 Å². The molecule has 4 nitrogen and oxygen atoms in total. The monoisotopic (exact) mass is 228 g/mol. The van der Waals surface area contributed by atoms with Gasteiger partial charge in [0.25, 0.3) is 5.56 Å². The lowest BCUT2D eigenvalue weighted by molar-refractivity contribution is 0.101. The Morgan fingerprint density at radius 2 is 1.88 bits per heavy atom. The van der Waals surface area contributed by atoms with Crippen LogP contribution in [0.1, 0.15) is 17.3 Å². The van der Waals surface area contributed by atoms with E-state index in [0.717, 1.165) is 5.56 Å². The fraction of sp³-hybridized carbons (Fsp3) is 0.154. The summed E-state index contributed by atoms with van der Waals surface area (Å²) in [7, 11) is 1.54. The summed E-state index contributed by atoms with van der Waals surface area (Å²) in [5.74, 6) is -0.245. The summed E-state index contributed by atoms with van der Waals surface area (Å²) in [6, 6.07) is 11.0. The first kappa shape index (κ1) is 11.3. The van der Waals surface area contributed by atoms with E-state index in [2.05, 4.69) is 5.10 Å². The molecule has 86 valence electrons. The van der Waals surface area contributed by atoms with Crippen LogP contribution in [0.15, 0.2) is 41.2 Å². The van der Waals surface area contributed by atoms with Crippen molar-refractivity contribution in [1.29, 1.82) is 0 Å². The zero-order chi connectivity index (χ0) is 12.4. The van der Waals surface area contributed by atoms with E-state index in [9.17, 15) is 9.59 Å². The third-order valence-electron chi connectivity index (χ3n) is 2.51. The molecule has 0 saturated carbocycles. The Kier molecular flexibility index (Phi) is 2.87. The van der Waals surface area contributed by atoms with E-state index in [4.69, 9.17) is 0 Å². The molecule has 1 heterocycles. The van der Waals surface area contributed by atoms with Gasteiger partial charge in [-0.25, -0.2) is 4.68 Å². The van der Waals surface area contributed by atoms with Crippen LogP contribution in [0.5, 0.6) is 0 Å². The quantitative estimate of drug-likeness (QED) is 0.734. The summed E-state index contributed by atoms with van der Waals surface area (Å²) in [6.45, 7) is 1.38. The van der Waals surface area contributed by atoms with E-state index in [1.807, 2.05) is 30.3 Å². The van der Waals surface area contributed by atoms with E-state index in [1.54, 1.807) is 13.1 Å². The minimum atomic E-state index is -0.364. The molecule has 0 amide bonds. The highest BCUT2D eigenvalue weighted by atomic mass is 16.1. The van der Waals surface area contributed by atoms with Crippen molar-refractivity contribution in [2.24, 2.45) is 7.05 Å². The number of ketones is 1. The van der Waals surface area contributed by atoms with Gasteiger partial charge in [0, 0.05) is 12.6 Å². The van der Waals surface area contributed by atoms with Crippen molar-refractivity contribution in [3.8, 4) is 11.3 Å². The van der Waals surface area contributed by atoms with E-state index in [1.165, 1.54) is 11.6 Å². The molecule has 0 aliphatic carbocycles. The number of rotatable bonds is 2. The van der Waals surface area contributed by atoms with Crippen molar-refractivity contribution < 1.29 is 4.79 Å². The zero-order valence-corrected chi connectivity index (χ0v) is 9.68. The highest BCUT2D eigenvalue weighted by Gasteiger charge is 2.10. The molecule has 0 bridgehead atoms. The number of carbonyl (C=O) groups excluding carboxylic acids is 1. The Balaban J connectivity index is 2.66. The van der Waals surface area contributed by atoms with Crippen LogP contribution < -0.4 is 5.56 Å². The minimum Gasteiger partial charge on any atom is -0.294 e. The maximum atomic E-state index is 11.7. The van der Waals surface area contributed by atoms with Gasteiger partial charge in [-0.3, -0.25) is 9.59 Å². The van der Waals surface area contributed by atoms with Gasteiger partial charge in [-0.15, -0.1) is 0 Å². The van der Waals surface area contributed by atoms with Crippen molar-refractivity contribution in [2.75, 3.05) is 0 Å². The molecule has 0 aliphatic rings. The molecule has 4 heteroatoms. The number of nitrogens with zero attached hydrogens (tertiary/aromatic N) is 2. The van der Waals surface area contributed by atoms with Crippen LogP contribution in [0, 0.1) is 0 Å². The Hall–Kier alpha value is -2.23. The summed E-state index contributed by atoms with van der Waals surface area (Å²) < 4.78 is 1.19. The molecule has 0 fully saturated rings. The Bertz CT molecular complexity index is 615. The molecule has 0 N–H and O–H groups in total. The predicted molar refractivity (Wildman–Crippen MR) is 64.9 cm³/mol. The average Bonchev–Trinajstić information content (AvgIpc) is 2.33. The molecule has 17 heavy (non-hydrogen) atoms. The fourth-order valence-electron chi connectivity index (χ4n) is 1.61. The number of carbonyl (C=O) groups is 1. The topological polar surface area (TPSA) is 52.0 Å². The average molecular weight is 228 g/mol. The minimum absolute atomic E-state index is 0.168. The third kappa shape index (κ3) is 2.15. The highest BCUT2D eigenvalue weighted by molar-refractivity contribution is 5.94. The lowest BCUT2D eigenvalue weighted by Crippen LogP contribution is -2.25. The normalized spacial score (nSPS) is 10.2. The lowest BCUT2D eigenvalue weighted by atomic mass is 10.1. The van der Waals surface area contributed by atoms with Gasteiger partial charge in [0.1, 0.15) is 0 Å². The van der Waals surface area contributed by atoms with Crippen LogP contribution in [0.3, 0.4) is 0 Å². The Labute approximate surface area is 98.5 Å². The first-order valence-corrected chi connectivity index (χ1v) is 5.24. The van der Waals surface area contributed by atoms with Crippen molar-refractivity contribution >= 4 is 5.78 Å². The Morgan fingerprint density at radius 1 is 1.24 bits per heavy atom. The molecule has 0 aliphatic heterocycles. The van der Waals surface area contributed by atoms with Gasteiger partial charge < -0.3 is 0 Å². The molecule has 1 aromatic heterocycles. The highest BCUT2D eigenvalue weighted by Crippen LogP contribution is 2.15. The maximum Gasteiger partial charge on any atom is 0.277 e. The molecule has 2 rings (SSSR count). The molecular formula is C13H12N2O2. The second-order valence-electron chi connectivity index (χ2n) is 3.79. The zero-order valence-electron chi connectivity index (χ0n) is 9.68. The second kappa shape index (κ2) is 4.33. The van der Waals surface area contributed by atoms with Gasteiger partial charge >= 0.3 is 0 Å². The number of aryl methyl sites for hydroxylation is 1. The van der Waals surface area contributed by atoms with Crippen LogP contribution >= 0.6 is 0 Å². The van der Waals surface area contributed by atoms with E-state index in [0.29, 0.717) is 5.69 Å². The molecule has 0 radical (unpaired) electrons. The fourth-order valence-corrected chi connectivity index (χ4v) is 1.61. The molecule has 2 aromatic rings. The largest absolute Gasteiger partial charge is 0.294 e. The number of hydrogen-bond donors (Lipinski definition) is 0. The summed E-state index contributed by atoms with van der Waals surface area (Å²) in [4.78, 5) is 23.0. The van der Waals surface area contributed by atoms with Crippen LogP contribution in [0.4, 0.5) is 0 Å². The van der Waals surface area contributed by atoms with Crippen LogP contribution in [0.25, 0.3) is 11.3 Å². The first-order valence-electron chi connectivity index (χ1n) is 5.24. The number of benzene rings is 1. The molecular weight excluding hydrogens is 216 g/mol. The summed E-state index contributed by atoms with van der Waals surface area (Å²) in [5.41, 5.74) is 1.31. The van der Waals surface area contributed by atoms with Crippen molar-refractivity contribution in [2.45, 2.75) is 6.92 Å². The first-order chi connectivity index (χ1) is 8.09. The summed E-state index contributed by atoms with van der Waals surface area (Å²) in [5, 5.41) is 4.14. The van der Waals surface area contributed by atoms with Crippen molar-refractivity contribution in [3.63, 3.8) is 0 Å². The molecule has 1 aromatic carbocycles. The SMILES string of the molecule is CC(=O)c1cc(-c2ccccc2)nn(C)c1=O. The standard InChI is InChI=1S/C13H12N2O2/c1-9(16)11-8-12(14-15(2)13(11)17)10-6-4-3-5-7-10/h3-8H,1-2H3. The summed E-state index contributed by atoms with van der Waals surface area (Å²) in [6.07, 6.45) is 0. The lowest BCUT2D eigenvalue weighted by Gasteiger charge is -2.05. The van der Waals surface area contributed by atoms with Gasteiger partial charge in [-0.1, -0.05) is 30.3 Å². The van der Waals surface area contributed by atoms with Gasteiger partial charge in [-0.05, 0) is 13.0 Å². The van der Waals surface area contributed by atoms with Gasteiger partial charge in [0.2, 0.25) is 0 Å². The third-order valence-corrected chi connectivity index (χ3v) is 2.51. The van der Waals surface area contributed by atoms with Gasteiger partial charge in [0.05, 0.1) is 11.3 Å². The Morgan fingerprint density at radius 3 is 2.47 bits per heavy atom.